The molecule has 31 heavy (non-hydrogen) atoms. The molecule has 0 atom stereocenters. The minimum absolute atomic E-state index is 0. The van der Waals surface area contributed by atoms with Gasteiger partial charge in [-0.1, -0.05) is 6.07 Å². The van der Waals surface area contributed by atoms with Crippen molar-refractivity contribution in [3.63, 3.8) is 0 Å². The van der Waals surface area contributed by atoms with Crippen molar-refractivity contribution in [1.29, 1.82) is 0 Å². The van der Waals surface area contributed by atoms with Gasteiger partial charge >= 0.3 is 6.61 Å². The number of hydrogen-bond donors (Lipinski definition) is 2. The molecule has 2 aromatic carbocycles. The monoisotopic (exact) mass is 551 g/mol. The van der Waals surface area contributed by atoms with Gasteiger partial charge in [-0.3, -0.25) is 4.99 Å². The van der Waals surface area contributed by atoms with Crippen LogP contribution in [0.2, 0.25) is 0 Å². The van der Waals surface area contributed by atoms with Crippen molar-refractivity contribution < 1.29 is 27.7 Å². The molecule has 2 aromatic rings. The summed E-state index contributed by atoms with van der Waals surface area (Å²) >= 11 is 0. The fraction of sp³-hybridized carbons (Fsp3) is 0.381. The Morgan fingerprint density at radius 1 is 0.968 bits per heavy atom. The standard InChI is InChI=1S/C21H27F2N3O4.HI/c1-5-28-16-10-8-15(12-18(16)27-4)26-21(24-3)25-13-14-7-9-17(30-20(22)23)19(11-14)29-6-2;/h7-12,20H,5-6,13H2,1-4H3,(H2,24,25,26);1H. The molecule has 0 unspecified atom stereocenters. The Hall–Kier alpha value is -2.50. The first-order valence-electron chi connectivity index (χ1n) is 9.49. The molecule has 0 amide bonds. The van der Waals surface area contributed by atoms with Gasteiger partial charge in [0, 0.05) is 25.3 Å². The number of hydrogen-bond acceptors (Lipinski definition) is 5. The normalized spacial score (nSPS) is 10.9. The van der Waals surface area contributed by atoms with E-state index < -0.39 is 6.61 Å². The SMILES string of the molecule is CCOc1ccc(NC(=NC)NCc2ccc(OC(F)F)c(OCC)c2)cc1OC.I. The third-order valence-electron chi connectivity index (χ3n) is 3.93. The van der Waals surface area contributed by atoms with Crippen LogP contribution in [-0.2, 0) is 6.54 Å². The number of guanidine groups is 1. The summed E-state index contributed by atoms with van der Waals surface area (Å²) in [6.45, 7) is 2.02. The van der Waals surface area contributed by atoms with Gasteiger partial charge in [0.25, 0.3) is 0 Å². The lowest BCUT2D eigenvalue weighted by molar-refractivity contribution is -0.0514. The molecule has 0 radical (unpaired) electrons. The van der Waals surface area contributed by atoms with Gasteiger partial charge in [0.05, 0.1) is 20.3 Å². The molecule has 0 saturated heterocycles. The third-order valence-corrected chi connectivity index (χ3v) is 3.93. The van der Waals surface area contributed by atoms with Gasteiger partial charge < -0.3 is 29.6 Å². The van der Waals surface area contributed by atoms with Crippen LogP contribution in [-0.4, -0.2) is 39.9 Å². The number of aliphatic imine (C=N–C) groups is 1. The van der Waals surface area contributed by atoms with Crippen molar-refractivity contribution >= 4 is 35.6 Å². The molecular formula is C21H28F2IN3O4. The van der Waals surface area contributed by atoms with Gasteiger partial charge in [-0.2, -0.15) is 8.78 Å². The first kappa shape index (κ1) is 26.5. The molecule has 2 N–H and O–H groups in total. The van der Waals surface area contributed by atoms with Crippen LogP contribution < -0.4 is 29.6 Å². The molecule has 0 saturated carbocycles. The minimum atomic E-state index is -2.91. The molecule has 0 fully saturated rings. The molecule has 2 rings (SSSR count). The maximum absolute atomic E-state index is 12.5. The van der Waals surface area contributed by atoms with Crippen LogP contribution in [0.4, 0.5) is 14.5 Å². The largest absolute Gasteiger partial charge is 0.493 e. The van der Waals surface area contributed by atoms with E-state index in [4.69, 9.17) is 14.2 Å². The molecule has 7 nitrogen and oxygen atoms in total. The Balaban J connectivity index is 0.00000480. The number of methoxy groups -OCH3 is 1. The Morgan fingerprint density at radius 3 is 2.26 bits per heavy atom. The zero-order chi connectivity index (χ0) is 21.9. The lowest BCUT2D eigenvalue weighted by Crippen LogP contribution is -2.30. The summed E-state index contributed by atoms with van der Waals surface area (Å²) in [6, 6.07) is 10.3. The summed E-state index contributed by atoms with van der Waals surface area (Å²) in [5, 5.41) is 6.33. The number of rotatable bonds is 10. The number of halogens is 3. The Morgan fingerprint density at radius 2 is 1.65 bits per heavy atom. The summed E-state index contributed by atoms with van der Waals surface area (Å²) < 4.78 is 45.8. The van der Waals surface area contributed by atoms with Crippen molar-refractivity contribution in [1.82, 2.24) is 5.32 Å². The molecule has 0 bridgehead atoms. The summed E-state index contributed by atoms with van der Waals surface area (Å²) in [5.41, 5.74) is 1.58. The van der Waals surface area contributed by atoms with Crippen molar-refractivity contribution in [2.75, 3.05) is 32.7 Å². The van der Waals surface area contributed by atoms with Crippen molar-refractivity contribution in [3.05, 3.63) is 42.0 Å². The molecule has 0 spiro atoms. The zero-order valence-corrected chi connectivity index (χ0v) is 20.2. The summed E-state index contributed by atoms with van der Waals surface area (Å²) in [6.07, 6.45) is 0. The van der Waals surface area contributed by atoms with Crippen LogP contribution in [0.3, 0.4) is 0 Å². The predicted molar refractivity (Wildman–Crippen MR) is 128 cm³/mol. The Kier molecular flexibility index (Phi) is 11.8. The fourth-order valence-corrected chi connectivity index (χ4v) is 2.65. The topological polar surface area (TPSA) is 73.3 Å². The molecule has 0 aliphatic rings. The van der Waals surface area contributed by atoms with Gasteiger partial charge in [-0.25, -0.2) is 0 Å². The van der Waals surface area contributed by atoms with E-state index in [-0.39, 0.29) is 35.5 Å². The number of benzene rings is 2. The number of nitrogens with zero attached hydrogens (tertiary/aromatic N) is 1. The van der Waals surface area contributed by atoms with E-state index in [9.17, 15) is 8.78 Å². The lowest BCUT2D eigenvalue weighted by Gasteiger charge is -2.16. The Bertz CT molecular complexity index is 853. The highest BCUT2D eigenvalue weighted by atomic mass is 127. The van der Waals surface area contributed by atoms with Gasteiger partial charge in [0.1, 0.15) is 0 Å². The van der Waals surface area contributed by atoms with Crippen LogP contribution in [0.5, 0.6) is 23.0 Å². The van der Waals surface area contributed by atoms with Gasteiger partial charge in [-0.15, -0.1) is 24.0 Å². The smallest absolute Gasteiger partial charge is 0.387 e. The first-order chi connectivity index (χ1) is 14.5. The van der Waals surface area contributed by atoms with Crippen molar-refractivity contribution in [3.8, 4) is 23.0 Å². The highest BCUT2D eigenvalue weighted by molar-refractivity contribution is 14.0. The van der Waals surface area contributed by atoms with Crippen LogP contribution in [0.25, 0.3) is 0 Å². The summed E-state index contributed by atoms with van der Waals surface area (Å²) in [5.74, 6) is 2.04. The van der Waals surface area contributed by atoms with Crippen molar-refractivity contribution in [2.45, 2.75) is 27.0 Å². The lowest BCUT2D eigenvalue weighted by atomic mass is 10.2. The number of nitrogens with one attached hydrogen (secondary N) is 2. The maximum Gasteiger partial charge on any atom is 0.387 e. The molecule has 0 aliphatic carbocycles. The highest BCUT2D eigenvalue weighted by Gasteiger charge is 2.12. The van der Waals surface area contributed by atoms with Gasteiger partial charge in [0.15, 0.2) is 29.0 Å². The van der Waals surface area contributed by atoms with E-state index in [0.29, 0.717) is 37.2 Å². The second-order valence-electron chi connectivity index (χ2n) is 5.94. The van der Waals surface area contributed by atoms with Gasteiger partial charge in [0.2, 0.25) is 0 Å². The van der Waals surface area contributed by atoms with E-state index in [1.807, 2.05) is 25.1 Å². The quantitative estimate of drug-likeness (QED) is 0.249. The van der Waals surface area contributed by atoms with Crippen LogP contribution >= 0.6 is 24.0 Å². The molecule has 0 heterocycles. The van der Waals surface area contributed by atoms with E-state index in [1.54, 1.807) is 33.2 Å². The molecule has 10 heteroatoms. The molecular weight excluding hydrogens is 523 g/mol. The summed E-state index contributed by atoms with van der Waals surface area (Å²) in [4.78, 5) is 4.20. The molecule has 0 aliphatic heterocycles. The molecule has 0 aromatic heterocycles. The third kappa shape index (κ3) is 8.27. The average Bonchev–Trinajstić information content (AvgIpc) is 2.73. The Labute approximate surface area is 198 Å². The van der Waals surface area contributed by atoms with Crippen molar-refractivity contribution in [2.24, 2.45) is 4.99 Å². The zero-order valence-electron chi connectivity index (χ0n) is 17.9. The maximum atomic E-state index is 12.5. The van der Waals surface area contributed by atoms with E-state index in [1.165, 1.54) is 6.07 Å². The summed E-state index contributed by atoms with van der Waals surface area (Å²) in [7, 11) is 3.22. The number of alkyl halides is 2. The van der Waals surface area contributed by atoms with Gasteiger partial charge in [-0.05, 0) is 43.7 Å². The molecule has 172 valence electrons. The second-order valence-corrected chi connectivity index (χ2v) is 5.94. The van der Waals surface area contributed by atoms with Crippen LogP contribution in [0, 0.1) is 0 Å². The first-order valence-corrected chi connectivity index (χ1v) is 9.49. The van der Waals surface area contributed by atoms with E-state index in [0.717, 1.165) is 11.3 Å². The predicted octanol–water partition coefficient (Wildman–Crippen LogP) is 4.90. The second kappa shape index (κ2) is 13.7. The fourth-order valence-electron chi connectivity index (χ4n) is 2.65. The average molecular weight is 551 g/mol. The van der Waals surface area contributed by atoms with Crippen LogP contribution in [0.15, 0.2) is 41.4 Å². The van der Waals surface area contributed by atoms with E-state index >= 15 is 0 Å². The number of anilines is 1. The highest BCUT2D eigenvalue weighted by Crippen LogP contribution is 2.31. The van der Waals surface area contributed by atoms with E-state index in [2.05, 4.69) is 20.4 Å². The van der Waals surface area contributed by atoms with Crippen LogP contribution in [0.1, 0.15) is 19.4 Å². The minimum Gasteiger partial charge on any atom is -0.493 e. The number of ether oxygens (including phenoxy) is 4.